The molecule has 8 nitrogen and oxygen atoms in total. The quantitative estimate of drug-likeness (QED) is 0.445. The smallest absolute Gasteiger partial charge is 0.338 e. The fourth-order valence-electron chi connectivity index (χ4n) is 3.11. The third-order valence-electron chi connectivity index (χ3n) is 4.76. The number of anilines is 1. The minimum atomic E-state index is -0.754. The van der Waals surface area contributed by atoms with Gasteiger partial charge in [0.05, 0.1) is 10.5 Å². The Bertz CT molecular complexity index is 707. The number of nitro benzene ring substituents is 1. The van der Waals surface area contributed by atoms with Crippen molar-refractivity contribution in [2.24, 2.45) is 5.92 Å². The third-order valence-corrected chi connectivity index (χ3v) is 4.76. The summed E-state index contributed by atoms with van der Waals surface area (Å²) in [6.45, 7) is 6.99. The number of ether oxygens (including phenoxy) is 1. The zero-order chi connectivity index (χ0) is 20.0. The summed E-state index contributed by atoms with van der Waals surface area (Å²) in [7, 11) is 0. The van der Waals surface area contributed by atoms with Gasteiger partial charge in [-0.25, -0.2) is 4.79 Å². The zero-order valence-corrected chi connectivity index (χ0v) is 16.1. The van der Waals surface area contributed by atoms with Gasteiger partial charge in [0.2, 0.25) is 0 Å². The molecule has 1 N–H and O–H groups in total. The fraction of sp³-hybridized carbons (Fsp3) is 0.579. The second kappa shape index (κ2) is 9.34. The van der Waals surface area contributed by atoms with Gasteiger partial charge in [-0.05, 0) is 44.2 Å². The average molecular weight is 377 g/mol. The lowest BCUT2D eigenvalue weighted by atomic mass is 9.99. The topological polar surface area (TPSA) is 102 Å². The lowest BCUT2D eigenvalue weighted by Gasteiger charge is -2.32. The highest BCUT2D eigenvalue weighted by atomic mass is 16.6. The lowest BCUT2D eigenvalue weighted by Crippen LogP contribution is -2.35. The Morgan fingerprint density at radius 2 is 2.19 bits per heavy atom. The molecular formula is C19H27N3O5. The van der Waals surface area contributed by atoms with Crippen LogP contribution in [-0.4, -0.2) is 42.5 Å². The Labute approximate surface area is 159 Å². The Balaban J connectivity index is 2.09. The number of carbonyl (C=O) groups is 2. The van der Waals surface area contributed by atoms with Gasteiger partial charge in [-0.3, -0.25) is 14.9 Å². The van der Waals surface area contributed by atoms with Crippen LogP contribution in [-0.2, 0) is 9.53 Å². The number of hydrogen-bond acceptors (Lipinski definition) is 6. The maximum Gasteiger partial charge on any atom is 0.338 e. The van der Waals surface area contributed by atoms with E-state index in [-0.39, 0.29) is 17.3 Å². The molecule has 0 unspecified atom stereocenters. The van der Waals surface area contributed by atoms with Crippen molar-refractivity contribution in [2.75, 3.05) is 24.6 Å². The second-order valence-corrected chi connectivity index (χ2v) is 7.11. The van der Waals surface area contributed by atoms with Gasteiger partial charge in [-0.2, -0.15) is 0 Å². The molecule has 0 spiro atoms. The van der Waals surface area contributed by atoms with Gasteiger partial charge in [0, 0.05) is 25.2 Å². The zero-order valence-electron chi connectivity index (χ0n) is 16.1. The number of piperidine rings is 1. The summed E-state index contributed by atoms with van der Waals surface area (Å²) in [5.41, 5.74) is 0.451. The van der Waals surface area contributed by atoms with Crippen molar-refractivity contribution >= 4 is 23.3 Å². The van der Waals surface area contributed by atoms with Gasteiger partial charge in [0.25, 0.3) is 11.6 Å². The summed E-state index contributed by atoms with van der Waals surface area (Å²) in [5, 5.41) is 14.2. The van der Waals surface area contributed by atoms with Crippen LogP contribution in [0.15, 0.2) is 18.2 Å². The molecule has 148 valence electrons. The molecular weight excluding hydrogens is 350 g/mol. The molecule has 1 aromatic carbocycles. The number of nitrogens with zero attached hydrogens (tertiary/aromatic N) is 2. The average Bonchev–Trinajstić information content (AvgIpc) is 2.65. The molecule has 1 fully saturated rings. The minimum Gasteiger partial charge on any atom is -0.452 e. The highest BCUT2D eigenvalue weighted by molar-refractivity contribution is 5.93. The molecule has 1 aliphatic heterocycles. The van der Waals surface area contributed by atoms with Crippen LogP contribution >= 0.6 is 0 Å². The maximum atomic E-state index is 12.2. The molecule has 8 heteroatoms. The number of carbonyl (C=O) groups excluding carboxylic acids is 2. The first kappa shape index (κ1) is 20.7. The molecule has 0 radical (unpaired) electrons. The highest BCUT2D eigenvalue weighted by Gasteiger charge is 2.25. The van der Waals surface area contributed by atoms with Gasteiger partial charge in [0.1, 0.15) is 5.69 Å². The minimum absolute atomic E-state index is 0.0106. The first-order chi connectivity index (χ1) is 12.8. The summed E-state index contributed by atoms with van der Waals surface area (Å²) in [4.78, 5) is 36.9. The molecule has 0 aliphatic carbocycles. The van der Waals surface area contributed by atoms with Crippen molar-refractivity contribution in [3.8, 4) is 0 Å². The summed E-state index contributed by atoms with van der Waals surface area (Å²) < 4.78 is 4.99. The van der Waals surface area contributed by atoms with Crippen LogP contribution in [0.1, 0.15) is 50.4 Å². The lowest BCUT2D eigenvalue weighted by molar-refractivity contribution is -0.384. The predicted octanol–water partition coefficient (Wildman–Crippen LogP) is 2.90. The van der Waals surface area contributed by atoms with E-state index in [1.165, 1.54) is 12.1 Å². The largest absolute Gasteiger partial charge is 0.452 e. The summed E-state index contributed by atoms with van der Waals surface area (Å²) in [6.07, 6.45) is 2.85. The van der Waals surface area contributed by atoms with Crippen molar-refractivity contribution in [1.82, 2.24) is 5.32 Å². The molecule has 2 rings (SSSR count). The first-order valence-corrected chi connectivity index (χ1v) is 9.31. The van der Waals surface area contributed by atoms with E-state index in [2.05, 4.69) is 12.2 Å². The van der Waals surface area contributed by atoms with Gasteiger partial charge < -0.3 is 15.0 Å². The van der Waals surface area contributed by atoms with E-state index in [0.717, 1.165) is 32.4 Å². The van der Waals surface area contributed by atoms with E-state index in [0.29, 0.717) is 11.6 Å². The number of benzene rings is 1. The normalized spacial score (nSPS) is 17.9. The molecule has 2 atom stereocenters. The van der Waals surface area contributed by atoms with E-state index in [4.69, 9.17) is 4.74 Å². The van der Waals surface area contributed by atoms with Crippen LogP contribution in [0.25, 0.3) is 0 Å². The van der Waals surface area contributed by atoms with Gasteiger partial charge in [0.15, 0.2) is 6.61 Å². The Morgan fingerprint density at radius 1 is 1.44 bits per heavy atom. The number of amides is 1. The molecule has 1 amide bonds. The summed E-state index contributed by atoms with van der Waals surface area (Å²) in [5.74, 6) is -0.686. The van der Waals surface area contributed by atoms with E-state index >= 15 is 0 Å². The van der Waals surface area contributed by atoms with Crippen molar-refractivity contribution in [2.45, 2.75) is 46.1 Å². The fourth-order valence-corrected chi connectivity index (χ4v) is 3.11. The molecule has 1 aromatic rings. The number of nitrogens with one attached hydrogen (secondary N) is 1. The van der Waals surface area contributed by atoms with E-state index in [1.807, 2.05) is 18.7 Å². The van der Waals surface area contributed by atoms with E-state index < -0.39 is 23.4 Å². The molecule has 1 saturated heterocycles. The van der Waals surface area contributed by atoms with Gasteiger partial charge >= 0.3 is 5.97 Å². The molecule has 0 aromatic heterocycles. The Hall–Kier alpha value is -2.64. The SMILES string of the molecule is CC[C@@H](C)NC(=O)COC(=O)c1ccc(N2CCC[C@@H](C)C2)c([N+](=O)[O-])c1. The highest BCUT2D eigenvalue weighted by Crippen LogP contribution is 2.32. The van der Waals surface area contributed by atoms with Crippen LogP contribution in [0, 0.1) is 16.0 Å². The Kier molecular flexibility index (Phi) is 7.15. The standard InChI is InChI=1S/C19H27N3O5/c1-4-14(3)20-18(23)12-27-19(24)15-7-8-16(17(10-15)22(25)26)21-9-5-6-13(2)11-21/h7-8,10,13-14H,4-6,9,11-12H2,1-3H3,(H,20,23)/t13-,14-/m1/s1. The molecule has 0 saturated carbocycles. The number of rotatable bonds is 7. The van der Waals surface area contributed by atoms with Gasteiger partial charge in [-0.1, -0.05) is 13.8 Å². The Morgan fingerprint density at radius 3 is 2.81 bits per heavy atom. The van der Waals surface area contributed by atoms with Crippen LogP contribution in [0.2, 0.25) is 0 Å². The van der Waals surface area contributed by atoms with Crippen molar-refractivity contribution in [1.29, 1.82) is 0 Å². The summed E-state index contributed by atoms with van der Waals surface area (Å²) in [6, 6.07) is 4.31. The third kappa shape index (κ3) is 5.67. The maximum absolute atomic E-state index is 12.2. The van der Waals surface area contributed by atoms with Crippen LogP contribution in [0.5, 0.6) is 0 Å². The van der Waals surface area contributed by atoms with Crippen molar-refractivity contribution in [3.63, 3.8) is 0 Å². The molecule has 27 heavy (non-hydrogen) atoms. The van der Waals surface area contributed by atoms with Gasteiger partial charge in [-0.15, -0.1) is 0 Å². The molecule has 1 heterocycles. The van der Waals surface area contributed by atoms with E-state index in [1.54, 1.807) is 6.07 Å². The van der Waals surface area contributed by atoms with Crippen molar-refractivity contribution in [3.05, 3.63) is 33.9 Å². The predicted molar refractivity (Wildman–Crippen MR) is 102 cm³/mol. The van der Waals surface area contributed by atoms with E-state index in [9.17, 15) is 19.7 Å². The second-order valence-electron chi connectivity index (χ2n) is 7.11. The molecule has 0 bridgehead atoms. The summed E-state index contributed by atoms with van der Waals surface area (Å²) >= 11 is 0. The number of hydrogen-bond donors (Lipinski definition) is 1. The van der Waals surface area contributed by atoms with Crippen LogP contribution in [0.4, 0.5) is 11.4 Å². The van der Waals surface area contributed by atoms with Crippen LogP contribution in [0.3, 0.4) is 0 Å². The first-order valence-electron chi connectivity index (χ1n) is 9.31. The number of esters is 1. The monoisotopic (exact) mass is 377 g/mol. The number of nitro groups is 1. The molecule has 1 aliphatic rings. The van der Waals surface area contributed by atoms with Crippen molar-refractivity contribution < 1.29 is 19.2 Å². The van der Waals surface area contributed by atoms with Crippen LogP contribution < -0.4 is 10.2 Å².